The SMILES string of the molecule is CCCCCCCCNC(=C=O)C(CCCCN)c1cc(C(N)=O)ccc1C(N)=O. The molecule has 7 N–H and O–H groups in total. The smallest absolute Gasteiger partial charge is 0.249 e. The predicted octanol–water partition coefficient (Wildman–Crippen LogP) is 2.76. The first-order valence-electron chi connectivity index (χ1n) is 10.9. The molecule has 1 aromatic carbocycles. The van der Waals surface area contributed by atoms with Crippen molar-refractivity contribution in [3.63, 3.8) is 0 Å². The molecule has 0 saturated carbocycles. The fourth-order valence-electron chi connectivity index (χ4n) is 3.54. The van der Waals surface area contributed by atoms with Gasteiger partial charge < -0.3 is 22.5 Å². The number of primary amides is 2. The Balaban J connectivity index is 3.04. The van der Waals surface area contributed by atoms with Gasteiger partial charge in [-0.05, 0) is 49.6 Å². The molecule has 30 heavy (non-hydrogen) atoms. The third-order valence-electron chi connectivity index (χ3n) is 5.23. The molecule has 7 heteroatoms. The third kappa shape index (κ3) is 8.39. The summed E-state index contributed by atoms with van der Waals surface area (Å²) in [5.41, 5.74) is 18.0. The number of amides is 2. The van der Waals surface area contributed by atoms with Crippen LogP contribution in [-0.4, -0.2) is 30.8 Å². The second-order valence-corrected chi connectivity index (χ2v) is 7.58. The molecule has 1 aromatic rings. The Morgan fingerprint density at radius 1 is 1.00 bits per heavy atom. The van der Waals surface area contributed by atoms with E-state index in [4.69, 9.17) is 17.2 Å². The maximum Gasteiger partial charge on any atom is 0.249 e. The van der Waals surface area contributed by atoms with E-state index in [0.717, 1.165) is 25.7 Å². The van der Waals surface area contributed by atoms with Crippen LogP contribution < -0.4 is 22.5 Å². The third-order valence-corrected chi connectivity index (χ3v) is 5.23. The first-order valence-corrected chi connectivity index (χ1v) is 10.9. The standard InChI is InChI=1S/C23H36N4O3/c1-2-3-4-5-6-9-14-27-21(16-28)18(10-7-8-13-24)20-15-17(22(25)29)11-12-19(20)23(26)30/h11-12,15,18,27H,2-10,13-14,24H2,1H3,(H2,25,29)(H2,26,30). The molecular formula is C23H36N4O3. The maximum absolute atomic E-state index is 12.0. The van der Waals surface area contributed by atoms with Crippen LogP contribution in [0.4, 0.5) is 0 Å². The van der Waals surface area contributed by atoms with Crippen molar-refractivity contribution in [3.05, 3.63) is 40.6 Å². The van der Waals surface area contributed by atoms with E-state index in [0.29, 0.717) is 30.8 Å². The van der Waals surface area contributed by atoms with Gasteiger partial charge in [0, 0.05) is 23.6 Å². The van der Waals surface area contributed by atoms with Crippen LogP contribution in [-0.2, 0) is 4.79 Å². The number of carbonyl (C=O) groups excluding carboxylic acids is 3. The topological polar surface area (TPSA) is 141 Å². The number of unbranched alkanes of at least 4 members (excludes halogenated alkanes) is 6. The Morgan fingerprint density at radius 3 is 2.30 bits per heavy atom. The Labute approximate surface area is 179 Å². The van der Waals surface area contributed by atoms with Crippen molar-refractivity contribution in [1.29, 1.82) is 0 Å². The first-order chi connectivity index (χ1) is 14.5. The zero-order chi connectivity index (χ0) is 22.4. The van der Waals surface area contributed by atoms with E-state index < -0.39 is 17.7 Å². The lowest BCUT2D eigenvalue weighted by atomic mass is 9.86. The van der Waals surface area contributed by atoms with Crippen LogP contribution in [0.25, 0.3) is 0 Å². The average molecular weight is 417 g/mol. The van der Waals surface area contributed by atoms with Gasteiger partial charge in [0.2, 0.25) is 11.8 Å². The second-order valence-electron chi connectivity index (χ2n) is 7.58. The van der Waals surface area contributed by atoms with Crippen molar-refractivity contribution in [2.75, 3.05) is 13.1 Å². The fraction of sp³-hybridized carbons (Fsp3) is 0.565. The highest BCUT2D eigenvalue weighted by Gasteiger charge is 2.24. The lowest BCUT2D eigenvalue weighted by Crippen LogP contribution is -2.25. The highest BCUT2D eigenvalue weighted by molar-refractivity contribution is 5.98. The number of nitrogens with two attached hydrogens (primary N) is 3. The zero-order valence-corrected chi connectivity index (χ0v) is 18.0. The van der Waals surface area contributed by atoms with E-state index in [1.807, 2.05) is 5.94 Å². The molecule has 0 radical (unpaired) electrons. The van der Waals surface area contributed by atoms with Crippen molar-refractivity contribution in [2.24, 2.45) is 17.2 Å². The van der Waals surface area contributed by atoms with Gasteiger partial charge in [0.15, 0.2) is 0 Å². The summed E-state index contributed by atoms with van der Waals surface area (Å²) in [7, 11) is 0. The van der Waals surface area contributed by atoms with Crippen LogP contribution >= 0.6 is 0 Å². The summed E-state index contributed by atoms with van der Waals surface area (Å²) in [5, 5.41) is 3.19. The number of hydrogen-bond donors (Lipinski definition) is 4. The van der Waals surface area contributed by atoms with E-state index in [1.54, 1.807) is 6.07 Å². The molecule has 0 aliphatic heterocycles. The molecule has 0 spiro atoms. The lowest BCUT2D eigenvalue weighted by molar-refractivity contribution is 0.0987. The minimum Gasteiger partial charge on any atom is -0.379 e. The van der Waals surface area contributed by atoms with Gasteiger partial charge in [0.25, 0.3) is 0 Å². The first kappa shape index (κ1) is 25.4. The number of hydrogen-bond acceptors (Lipinski definition) is 5. The van der Waals surface area contributed by atoms with Crippen LogP contribution in [0.2, 0.25) is 0 Å². The maximum atomic E-state index is 12.0. The van der Waals surface area contributed by atoms with Gasteiger partial charge in [0.05, 0.1) is 0 Å². The van der Waals surface area contributed by atoms with E-state index in [1.165, 1.54) is 37.8 Å². The number of allylic oxidation sites excluding steroid dienone is 1. The van der Waals surface area contributed by atoms with Gasteiger partial charge in [-0.1, -0.05) is 45.4 Å². The summed E-state index contributed by atoms with van der Waals surface area (Å²) < 4.78 is 0. The molecule has 1 rings (SSSR count). The zero-order valence-electron chi connectivity index (χ0n) is 18.0. The predicted molar refractivity (Wildman–Crippen MR) is 120 cm³/mol. The normalized spacial score (nSPS) is 11.5. The summed E-state index contributed by atoms with van der Waals surface area (Å²) in [6.45, 7) is 3.36. The highest BCUT2D eigenvalue weighted by Crippen LogP contribution is 2.31. The minimum atomic E-state index is -0.619. The van der Waals surface area contributed by atoms with Crippen LogP contribution in [0.3, 0.4) is 0 Å². The molecule has 0 aliphatic carbocycles. The summed E-state index contributed by atoms with van der Waals surface area (Å²) >= 11 is 0. The Bertz CT molecular complexity index is 742. The monoisotopic (exact) mass is 416 g/mol. The Morgan fingerprint density at radius 2 is 1.70 bits per heavy atom. The lowest BCUT2D eigenvalue weighted by Gasteiger charge is -2.22. The molecule has 0 aliphatic rings. The summed E-state index contributed by atoms with van der Waals surface area (Å²) in [4.78, 5) is 35.5. The molecule has 0 saturated heterocycles. The average Bonchev–Trinajstić information content (AvgIpc) is 2.73. The molecule has 2 amide bonds. The van der Waals surface area contributed by atoms with E-state index >= 15 is 0 Å². The van der Waals surface area contributed by atoms with E-state index in [-0.39, 0.29) is 11.1 Å². The molecule has 1 atom stereocenters. The van der Waals surface area contributed by atoms with E-state index in [9.17, 15) is 14.4 Å². The fourth-order valence-corrected chi connectivity index (χ4v) is 3.54. The van der Waals surface area contributed by atoms with Gasteiger partial charge in [-0.3, -0.25) is 9.59 Å². The van der Waals surface area contributed by atoms with Gasteiger partial charge in [-0.2, -0.15) is 0 Å². The molecule has 0 heterocycles. The van der Waals surface area contributed by atoms with Crippen molar-refractivity contribution in [1.82, 2.24) is 5.32 Å². The highest BCUT2D eigenvalue weighted by atomic mass is 16.1. The van der Waals surface area contributed by atoms with Gasteiger partial charge >= 0.3 is 0 Å². The number of nitrogens with one attached hydrogen (secondary N) is 1. The molecule has 166 valence electrons. The molecule has 7 nitrogen and oxygen atoms in total. The van der Waals surface area contributed by atoms with Crippen LogP contribution in [0, 0.1) is 0 Å². The quantitative estimate of drug-likeness (QED) is 0.242. The molecule has 0 fully saturated rings. The van der Waals surface area contributed by atoms with Crippen LogP contribution in [0.5, 0.6) is 0 Å². The van der Waals surface area contributed by atoms with Crippen LogP contribution in [0.1, 0.15) is 96.9 Å². The van der Waals surface area contributed by atoms with Gasteiger partial charge in [-0.15, -0.1) is 0 Å². The number of rotatable bonds is 16. The summed E-state index contributed by atoms with van der Waals surface area (Å²) in [6, 6.07) is 4.51. The molecular weight excluding hydrogens is 380 g/mol. The van der Waals surface area contributed by atoms with Gasteiger partial charge in [-0.25, -0.2) is 4.79 Å². The van der Waals surface area contributed by atoms with Crippen molar-refractivity contribution < 1.29 is 14.4 Å². The Kier molecular flexibility index (Phi) is 12.2. The van der Waals surface area contributed by atoms with Gasteiger partial charge in [0.1, 0.15) is 11.6 Å². The molecule has 0 aromatic heterocycles. The summed E-state index contributed by atoms with van der Waals surface area (Å²) in [5.74, 6) is 0.349. The van der Waals surface area contributed by atoms with Crippen molar-refractivity contribution >= 4 is 17.8 Å². The van der Waals surface area contributed by atoms with Crippen LogP contribution in [0.15, 0.2) is 23.9 Å². The van der Waals surface area contributed by atoms with E-state index in [2.05, 4.69) is 12.2 Å². The second kappa shape index (κ2) is 14.4. The number of benzene rings is 1. The Hall–Kier alpha value is -2.63. The molecule has 0 bridgehead atoms. The molecule has 1 unspecified atom stereocenters. The largest absolute Gasteiger partial charge is 0.379 e. The van der Waals surface area contributed by atoms with Crippen molar-refractivity contribution in [2.45, 2.75) is 70.6 Å². The van der Waals surface area contributed by atoms with Crippen molar-refractivity contribution in [3.8, 4) is 0 Å². The summed E-state index contributed by atoms with van der Waals surface area (Å²) in [6.07, 6.45) is 8.96. The number of carbonyl (C=O) groups is 2. The minimum absolute atomic E-state index is 0.264.